The van der Waals surface area contributed by atoms with Gasteiger partial charge < -0.3 is 10.6 Å². The molecule has 0 aromatic heterocycles. The molecular formula is C13H16N2O. The average Bonchev–Trinajstić information content (AvgIpc) is 2.75. The number of aryl methyl sites for hydroxylation is 1. The molecule has 2 N–H and O–H groups in total. The van der Waals surface area contributed by atoms with Crippen LogP contribution < -0.4 is 10.6 Å². The summed E-state index contributed by atoms with van der Waals surface area (Å²) in [6.45, 7) is 4.14. The molecule has 1 saturated carbocycles. The van der Waals surface area contributed by atoms with E-state index in [0.29, 0.717) is 17.9 Å². The first-order chi connectivity index (χ1) is 7.75. The van der Waals surface area contributed by atoms with E-state index >= 15 is 0 Å². The summed E-state index contributed by atoms with van der Waals surface area (Å²) in [6, 6.07) is 8.14. The van der Waals surface area contributed by atoms with E-state index in [9.17, 15) is 4.79 Å². The van der Waals surface area contributed by atoms with Gasteiger partial charge in [-0.25, -0.2) is 0 Å². The Bertz CT molecular complexity index is 402. The van der Waals surface area contributed by atoms with Crippen LogP contribution in [0.1, 0.15) is 15.9 Å². The summed E-state index contributed by atoms with van der Waals surface area (Å²) in [6.07, 6.45) is 0. The normalized spacial score (nSPS) is 30.9. The van der Waals surface area contributed by atoms with Gasteiger partial charge in [0.05, 0.1) is 0 Å². The molecular weight excluding hydrogens is 200 g/mol. The molecule has 2 aliphatic rings. The van der Waals surface area contributed by atoms with E-state index in [2.05, 4.69) is 10.6 Å². The lowest BCUT2D eigenvalue weighted by Crippen LogP contribution is -2.32. The van der Waals surface area contributed by atoms with E-state index in [0.717, 1.165) is 18.7 Å². The molecule has 2 atom stereocenters. The first kappa shape index (κ1) is 9.85. The number of carbonyl (C=O) groups excluding carboxylic acids is 1. The number of piperidine rings is 1. The second kappa shape index (κ2) is 3.59. The molecule has 2 fully saturated rings. The zero-order chi connectivity index (χ0) is 11.1. The van der Waals surface area contributed by atoms with E-state index in [1.165, 1.54) is 5.56 Å². The van der Waals surface area contributed by atoms with Crippen LogP contribution in [0.2, 0.25) is 0 Å². The fraction of sp³-hybridized carbons (Fsp3) is 0.462. The van der Waals surface area contributed by atoms with Gasteiger partial charge in [-0.2, -0.15) is 0 Å². The Morgan fingerprint density at radius 1 is 1.25 bits per heavy atom. The van der Waals surface area contributed by atoms with Crippen LogP contribution in [0.15, 0.2) is 24.3 Å². The third-order valence-corrected chi connectivity index (χ3v) is 3.70. The molecule has 1 aromatic carbocycles. The predicted octanol–water partition coefficient (Wildman–Crippen LogP) is 0.943. The largest absolute Gasteiger partial charge is 0.349 e. The number of amides is 1. The van der Waals surface area contributed by atoms with Crippen molar-refractivity contribution < 1.29 is 4.79 Å². The first-order valence-electron chi connectivity index (χ1n) is 5.84. The molecule has 3 heteroatoms. The SMILES string of the molecule is Cc1ccc(C(=O)NC2C3CNCC32)cc1. The van der Waals surface area contributed by atoms with Crippen LogP contribution in [0.4, 0.5) is 0 Å². The molecule has 0 bridgehead atoms. The quantitative estimate of drug-likeness (QED) is 0.772. The van der Waals surface area contributed by atoms with Crippen molar-refractivity contribution in [2.24, 2.45) is 11.8 Å². The lowest BCUT2D eigenvalue weighted by molar-refractivity contribution is 0.0946. The third-order valence-electron chi connectivity index (χ3n) is 3.70. The van der Waals surface area contributed by atoms with Crippen LogP contribution in [0.5, 0.6) is 0 Å². The second-order valence-corrected chi connectivity index (χ2v) is 4.85. The number of hydrogen-bond donors (Lipinski definition) is 2. The molecule has 1 aliphatic carbocycles. The molecule has 0 radical (unpaired) electrons. The number of benzene rings is 1. The van der Waals surface area contributed by atoms with Crippen LogP contribution in [0.3, 0.4) is 0 Å². The van der Waals surface area contributed by atoms with E-state index < -0.39 is 0 Å². The van der Waals surface area contributed by atoms with Crippen molar-refractivity contribution in [1.29, 1.82) is 0 Å². The van der Waals surface area contributed by atoms with Crippen molar-refractivity contribution in [3.8, 4) is 0 Å². The summed E-state index contributed by atoms with van der Waals surface area (Å²) >= 11 is 0. The third kappa shape index (κ3) is 1.61. The van der Waals surface area contributed by atoms with Crippen LogP contribution in [-0.2, 0) is 0 Å². The van der Waals surface area contributed by atoms with Crippen molar-refractivity contribution in [2.75, 3.05) is 13.1 Å². The Morgan fingerprint density at radius 2 is 1.88 bits per heavy atom. The smallest absolute Gasteiger partial charge is 0.251 e. The monoisotopic (exact) mass is 216 g/mol. The molecule has 3 nitrogen and oxygen atoms in total. The van der Waals surface area contributed by atoms with E-state index in [4.69, 9.17) is 0 Å². The highest BCUT2D eigenvalue weighted by Crippen LogP contribution is 2.41. The van der Waals surface area contributed by atoms with E-state index in [-0.39, 0.29) is 5.91 Å². The minimum absolute atomic E-state index is 0.0689. The van der Waals surface area contributed by atoms with Crippen molar-refractivity contribution in [3.63, 3.8) is 0 Å². The van der Waals surface area contributed by atoms with E-state index in [1.54, 1.807) is 0 Å². The van der Waals surface area contributed by atoms with Gasteiger partial charge in [0.1, 0.15) is 0 Å². The summed E-state index contributed by atoms with van der Waals surface area (Å²) in [5.41, 5.74) is 1.95. The Labute approximate surface area is 95.2 Å². The maximum atomic E-state index is 11.9. The van der Waals surface area contributed by atoms with Crippen molar-refractivity contribution in [3.05, 3.63) is 35.4 Å². The zero-order valence-corrected chi connectivity index (χ0v) is 9.36. The Balaban J connectivity index is 1.63. The van der Waals surface area contributed by atoms with Crippen LogP contribution in [0.25, 0.3) is 0 Å². The Kier molecular flexibility index (Phi) is 2.21. The van der Waals surface area contributed by atoms with Gasteiger partial charge in [0.25, 0.3) is 5.91 Å². The molecule has 1 aromatic rings. The number of rotatable bonds is 2. The van der Waals surface area contributed by atoms with Crippen molar-refractivity contribution in [1.82, 2.24) is 10.6 Å². The van der Waals surface area contributed by atoms with Crippen LogP contribution in [0, 0.1) is 18.8 Å². The lowest BCUT2D eigenvalue weighted by Gasteiger charge is -2.07. The number of nitrogens with one attached hydrogen (secondary N) is 2. The highest BCUT2D eigenvalue weighted by Gasteiger charge is 2.53. The number of hydrogen-bond acceptors (Lipinski definition) is 2. The molecule has 1 saturated heterocycles. The van der Waals surface area contributed by atoms with Gasteiger partial charge in [-0.1, -0.05) is 17.7 Å². The topological polar surface area (TPSA) is 41.1 Å². The van der Waals surface area contributed by atoms with Crippen molar-refractivity contribution >= 4 is 5.91 Å². The molecule has 16 heavy (non-hydrogen) atoms. The van der Waals surface area contributed by atoms with Gasteiger partial charge in [-0.3, -0.25) is 4.79 Å². The average molecular weight is 216 g/mol. The molecule has 84 valence electrons. The summed E-state index contributed by atoms with van der Waals surface area (Å²) in [5.74, 6) is 1.42. The van der Waals surface area contributed by atoms with Gasteiger partial charge in [0, 0.05) is 24.7 Å². The zero-order valence-electron chi connectivity index (χ0n) is 9.36. The summed E-state index contributed by atoms with van der Waals surface area (Å²) in [4.78, 5) is 11.9. The number of fused-ring (bicyclic) bond motifs is 1. The molecule has 1 aliphatic heterocycles. The molecule has 1 amide bonds. The Hall–Kier alpha value is -1.35. The molecule has 0 spiro atoms. The standard InChI is InChI=1S/C13H16N2O/c1-8-2-4-9(5-3-8)13(16)15-12-10-6-14-7-11(10)12/h2-5,10-12,14H,6-7H2,1H3,(H,15,16). The van der Waals surface area contributed by atoms with Crippen LogP contribution in [-0.4, -0.2) is 25.0 Å². The summed E-state index contributed by atoms with van der Waals surface area (Å²) < 4.78 is 0. The minimum atomic E-state index is 0.0689. The maximum Gasteiger partial charge on any atom is 0.251 e. The van der Waals surface area contributed by atoms with Gasteiger partial charge in [0.2, 0.25) is 0 Å². The van der Waals surface area contributed by atoms with Gasteiger partial charge in [-0.15, -0.1) is 0 Å². The molecule has 1 heterocycles. The lowest BCUT2D eigenvalue weighted by atomic mass is 10.1. The predicted molar refractivity (Wildman–Crippen MR) is 62.3 cm³/mol. The highest BCUT2D eigenvalue weighted by atomic mass is 16.1. The highest BCUT2D eigenvalue weighted by molar-refractivity contribution is 5.94. The van der Waals surface area contributed by atoms with Gasteiger partial charge in [-0.05, 0) is 30.9 Å². The summed E-state index contributed by atoms with van der Waals surface area (Å²) in [5, 5.41) is 6.43. The van der Waals surface area contributed by atoms with E-state index in [1.807, 2.05) is 31.2 Å². The van der Waals surface area contributed by atoms with Crippen LogP contribution >= 0.6 is 0 Å². The van der Waals surface area contributed by atoms with Gasteiger partial charge >= 0.3 is 0 Å². The fourth-order valence-electron chi connectivity index (χ4n) is 2.57. The molecule has 3 rings (SSSR count). The molecule has 2 unspecified atom stereocenters. The van der Waals surface area contributed by atoms with Crippen molar-refractivity contribution in [2.45, 2.75) is 13.0 Å². The second-order valence-electron chi connectivity index (χ2n) is 4.85. The Morgan fingerprint density at radius 3 is 2.50 bits per heavy atom. The minimum Gasteiger partial charge on any atom is -0.349 e. The first-order valence-corrected chi connectivity index (χ1v) is 5.84. The maximum absolute atomic E-state index is 11.9. The van der Waals surface area contributed by atoms with Gasteiger partial charge in [0.15, 0.2) is 0 Å². The fourth-order valence-corrected chi connectivity index (χ4v) is 2.57. The summed E-state index contributed by atoms with van der Waals surface area (Å²) in [7, 11) is 0. The number of carbonyl (C=O) groups is 1.